The summed E-state index contributed by atoms with van der Waals surface area (Å²) in [7, 11) is 4.11. The standard InChI is InChI=1S/C12H21N3/c1-4-10-8-11(15(3)14-10)12(13-2)9-6-5-7-9/h8-9,12-13H,4-7H2,1-3H3. The van der Waals surface area contributed by atoms with Gasteiger partial charge in [-0.1, -0.05) is 13.3 Å². The predicted octanol–water partition coefficient (Wildman–Crippen LogP) is 2.04. The Morgan fingerprint density at radius 2 is 2.33 bits per heavy atom. The van der Waals surface area contributed by atoms with Crippen LogP contribution in [0.25, 0.3) is 0 Å². The molecule has 84 valence electrons. The minimum absolute atomic E-state index is 0.497. The molecule has 2 rings (SSSR count). The predicted molar refractivity (Wildman–Crippen MR) is 61.7 cm³/mol. The molecule has 0 spiro atoms. The first-order valence-electron chi connectivity index (χ1n) is 5.96. The van der Waals surface area contributed by atoms with E-state index in [9.17, 15) is 0 Å². The summed E-state index contributed by atoms with van der Waals surface area (Å²) in [5.41, 5.74) is 2.55. The topological polar surface area (TPSA) is 29.9 Å². The van der Waals surface area contributed by atoms with Crippen molar-refractivity contribution in [2.75, 3.05) is 7.05 Å². The SMILES string of the molecule is CCc1cc(C(NC)C2CCC2)n(C)n1. The molecule has 15 heavy (non-hydrogen) atoms. The summed E-state index contributed by atoms with van der Waals surface area (Å²) in [6.07, 6.45) is 5.13. The van der Waals surface area contributed by atoms with Crippen molar-refractivity contribution >= 4 is 0 Å². The van der Waals surface area contributed by atoms with Crippen LogP contribution in [0.4, 0.5) is 0 Å². The van der Waals surface area contributed by atoms with Crippen LogP contribution in [0.15, 0.2) is 6.07 Å². The molecule has 1 saturated carbocycles. The second kappa shape index (κ2) is 4.35. The average molecular weight is 207 g/mol. The van der Waals surface area contributed by atoms with Crippen molar-refractivity contribution in [2.24, 2.45) is 13.0 Å². The summed E-state index contributed by atoms with van der Waals surface area (Å²) in [6, 6.07) is 2.75. The third-order valence-corrected chi connectivity index (χ3v) is 3.58. The highest BCUT2D eigenvalue weighted by molar-refractivity contribution is 5.15. The Balaban J connectivity index is 2.20. The van der Waals surface area contributed by atoms with Gasteiger partial charge in [0.15, 0.2) is 0 Å². The van der Waals surface area contributed by atoms with Gasteiger partial charge in [0.2, 0.25) is 0 Å². The van der Waals surface area contributed by atoms with Gasteiger partial charge in [-0.05, 0) is 38.3 Å². The molecule has 1 atom stereocenters. The maximum absolute atomic E-state index is 4.52. The number of aromatic nitrogens is 2. The molecule has 0 bridgehead atoms. The van der Waals surface area contributed by atoms with E-state index in [0.29, 0.717) is 6.04 Å². The first-order chi connectivity index (χ1) is 7.26. The zero-order valence-corrected chi connectivity index (χ0v) is 9.95. The minimum atomic E-state index is 0.497. The van der Waals surface area contributed by atoms with Gasteiger partial charge in [0.25, 0.3) is 0 Å². The minimum Gasteiger partial charge on any atom is -0.311 e. The van der Waals surface area contributed by atoms with E-state index in [-0.39, 0.29) is 0 Å². The third kappa shape index (κ3) is 1.93. The molecule has 1 aromatic heterocycles. The quantitative estimate of drug-likeness (QED) is 0.819. The Morgan fingerprint density at radius 3 is 2.73 bits per heavy atom. The number of aryl methyl sites for hydroxylation is 2. The highest BCUT2D eigenvalue weighted by atomic mass is 15.3. The lowest BCUT2D eigenvalue weighted by atomic mass is 9.78. The van der Waals surface area contributed by atoms with Crippen molar-refractivity contribution in [1.82, 2.24) is 15.1 Å². The lowest BCUT2D eigenvalue weighted by Crippen LogP contribution is -2.31. The van der Waals surface area contributed by atoms with Crippen LogP contribution in [0, 0.1) is 5.92 Å². The van der Waals surface area contributed by atoms with Crippen molar-refractivity contribution in [3.63, 3.8) is 0 Å². The summed E-state index contributed by atoms with van der Waals surface area (Å²) in [4.78, 5) is 0. The first kappa shape index (κ1) is 10.7. The molecule has 1 heterocycles. The molecule has 0 radical (unpaired) electrons. The molecule has 3 nitrogen and oxygen atoms in total. The maximum Gasteiger partial charge on any atom is 0.0625 e. The fourth-order valence-corrected chi connectivity index (χ4v) is 2.41. The van der Waals surface area contributed by atoms with Gasteiger partial charge >= 0.3 is 0 Å². The van der Waals surface area contributed by atoms with Crippen molar-refractivity contribution in [3.05, 3.63) is 17.5 Å². The zero-order valence-electron chi connectivity index (χ0n) is 9.95. The Hall–Kier alpha value is -0.830. The second-order valence-corrected chi connectivity index (χ2v) is 4.50. The van der Waals surface area contributed by atoms with Crippen LogP contribution in [-0.2, 0) is 13.5 Å². The fourth-order valence-electron chi connectivity index (χ4n) is 2.41. The van der Waals surface area contributed by atoms with Gasteiger partial charge in [-0.15, -0.1) is 0 Å². The monoisotopic (exact) mass is 207 g/mol. The van der Waals surface area contributed by atoms with E-state index in [1.54, 1.807) is 0 Å². The van der Waals surface area contributed by atoms with Crippen LogP contribution < -0.4 is 5.32 Å². The molecule has 1 aliphatic rings. The number of rotatable bonds is 4. The van der Waals surface area contributed by atoms with Gasteiger partial charge in [-0.2, -0.15) is 5.10 Å². The highest BCUT2D eigenvalue weighted by Gasteiger charge is 2.29. The Morgan fingerprint density at radius 1 is 1.60 bits per heavy atom. The van der Waals surface area contributed by atoms with Crippen LogP contribution in [0.2, 0.25) is 0 Å². The van der Waals surface area contributed by atoms with Crippen LogP contribution in [0.1, 0.15) is 43.6 Å². The van der Waals surface area contributed by atoms with E-state index in [2.05, 4.69) is 37.5 Å². The van der Waals surface area contributed by atoms with Gasteiger partial charge in [0.1, 0.15) is 0 Å². The lowest BCUT2D eigenvalue weighted by molar-refractivity contribution is 0.232. The number of hydrogen-bond acceptors (Lipinski definition) is 2. The Labute approximate surface area is 91.9 Å². The molecule has 1 fully saturated rings. The van der Waals surface area contributed by atoms with Crippen molar-refractivity contribution in [3.8, 4) is 0 Å². The zero-order chi connectivity index (χ0) is 10.8. The van der Waals surface area contributed by atoms with Gasteiger partial charge in [0.05, 0.1) is 17.4 Å². The van der Waals surface area contributed by atoms with Gasteiger partial charge < -0.3 is 5.32 Å². The van der Waals surface area contributed by atoms with E-state index in [0.717, 1.165) is 12.3 Å². The van der Waals surface area contributed by atoms with E-state index >= 15 is 0 Å². The maximum atomic E-state index is 4.52. The van der Waals surface area contributed by atoms with Crippen LogP contribution in [-0.4, -0.2) is 16.8 Å². The summed E-state index contributed by atoms with van der Waals surface area (Å²) in [6.45, 7) is 2.16. The molecule has 1 unspecified atom stereocenters. The largest absolute Gasteiger partial charge is 0.311 e. The molecule has 0 amide bonds. The Kier molecular flexibility index (Phi) is 3.10. The van der Waals surface area contributed by atoms with Gasteiger partial charge in [0, 0.05) is 7.05 Å². The van der Waals surface area contributed by atoms with Crippen molar-refractivity contribution in [2.45, 2.75) is 38.6 Å². The van der Waals surface area contributed by atoms with E-state index in [1.807, 2.05) is 4.68 Å². The second-order valence-electron chi connectivity index (χ2n) is 4.50. The molecule has 1 aromatic rings. The Bertz CT molecular complexity index is 326. The van der Waals surface area contributed by atoms with Crippen LogP contribution >= 0.6 is 0 Å². The summed E-state index contributed by atoms with van der Waals surface area (Å²) >= 11 is 0. The molecule has 0 aliphatic heterocycles. The molecular weight excluding hydrogens is 186 g/mol. The fraction of sp³-hybridized carbons (Fsp3) is 0.750. The molecule has 0 saturated heterocycles. The summed E-state index contributed by atoms with van der Waals surface area (Å²) < 4.78 is 2.04. The number of nitrogens with zero attached hydrogens (tertiary/aromatic N) is 2. The number of hydrogen-bond donors (Lipinski definition) is 1. The molecule has 1 aliphatic carbocycles. The lowest BCUT2D eigenvalue weighted by Gasteiger charge is -2.33. The molecule has 0 aromatic carbocycles. The normalized spacial score (nSPS) is 18.9. The van der Waals surface area contributed by atoms with Crippen molar-refractivity contribution in [1.29, 1.82) is 0 Å². The van der Waals surface area contributed by atoms with Crippen molar-refractivity contribution < 1.29 is 0 Å². The van der Waals surface area contributed by atoms with E-state index in [4.69, 9.17) is 0 Å². The van der Waals surface area contributed by atoms with Crippen LogP contribution in [0.5, 0.6) is 0 Å². The van der Waals surface area contributed by atoms with E-state index < -0.39 is 0 Å². The molecule has 1 N–H and O–H groups in total. The van der Waals surface area contributed by atoms with E-state index in [1.165, 1.54) is 30.7 Å². The third-order valence-electron chi connectivity index (χ3n) is 3.58. The summed E-state index contributed by atoms with van der Waals surface area (Å²) in [5.74, 6) is 0.815. The molecule has 3 heteroatoms. The smallest absolute Gasteiger partial charge is 0.0625 e. The highest BCUT2D eigenvalue weighted by Crippen LogP contribution is 2.37. The van der Waals surface area contributed by atoms with Gasteiger partial charge in [-0.3, -0.25) is 4.68 Å². The number of nitrogens with one attached hydrogen (secondary N) is 1. The average Bonchev–Trinajstić information content (AvgIpc) is 2.53. The first-order valence-corrected chi connectivity index (χ1v) is 5.96. The van der Waals surface area contributed by atoms with Crippen LogP contribution in [0.3, 0.4) is 0 Å². The van der Waals surface area contributed by atoms with Gasteiger partial charge in [-0.25, -0.2) is 0 Å². The summed E-state index contributed by atoms with van der Waals surface area (Å²) in [5, 5.41) is 7.95. The molecular formula is C12H21N3.